The van der Waals surface area contributed by atoms with Crippen LogP contribution in [0, 0.1) is 0 Å². The van der Waals surface area contributed by atoms with Crippen LogP contribution in [-0.2, 0) is 28.6 Å². The predicted molar refractivity (Wildman–Crippen MR) is 92.1 cm³/mol. The highest BCUT2D eigenvalue weighted by atomic mass is 32.2. The molecule has 0 saturated heterocycles. The van der Waals surface area contributed by atoms with Gasteiger partial charge in [0, 0.05) is 0 Å². The van der Waals surface area contributed by atoms with E-state index in [0.29, 0.717) is 51.4 Å². The molecule has 0 fully saturated rings. The first-order valence-electron chi connectivity index (χ1n) is 8.81. The van der Waals surface area contributed by atoms with Crippen molar-refractivity contribution in [1.29, 1.82) is 0 Å². The average Bonchev–Trinajstić information content (AvgIpc) is 2.82. The summed E-state index contributed by atoms with van der Waals surface area (Å²) in [6, 6.07) is 0. The maximum absolute atomic E-state index is 12.8. The van der Waals surface area contributed by atoms with Crippen molar-refractivity contribution >= 4 is 20.2 Å². The summed E-state index contributed by atoms with van der Waals surface area (Å²) in [5.74, 6) is 0. The van der Waals surface area contributed by atoms with Crippen LogP contribution in [0.25, 0.3) is 0 Å². The molecule has 140 valence electrons. The van der Waals surface area contributed by atoms with E-state index >= 15 is 0 Å². The first-order valence-corrected chi connectivity index (χ1v) is 11.6. The highest BCUT2D eigenvalue weighted by Crippen LogP contribution is 2.57. The third-order valence-electron chi connectivity index (χ3n) is 4.69. The maximum atomic E-state index is 12.8. The van der Waals surface area contributed by atoms with Crippen molar-refractivity contribution in [3.8, 4) is 0 Å². The minimum Gasteiger partial charge on any atom is -0.254 e. The Kier molecular flexibility index (Phi) is 5.55. The molecule has 0 atom stereocenters. The standard InChI is InChI=1S/C16H28O6S2/c1-5-9-15(10-6-2)13-14(24(19,20)21-15)16(11-7-3,12-8-4)22-23(13,17)18/h5-12H2,1-4H3. The van der Waals surface area contributed by atoms with E-state index in [2.05, 4.69) is 0 Å². The third kappa shape index (κ3) is 2.95. The molecule has 0 aromatic heterocycles. The van der Waals surface area contributed by atoms with Crippen LogP contribution in [0.2, 0.25) is 0 Å². The van der Waals surface area contributed by atoms with Gasteiger partial charge in [-0.25, -0.2) is 0 Å². The highest BCUT2D eigenvalue weighted by molar-refractivity contribution is 7.96. The van der Waals surface area contributed by atoms with Gasteiger partial charge in [0.1, 0.15) is 21.0 Å². The molecule has 24 heavy (non-hydrogen) atoms. The Balaban J connectivity index is 2.79. The van der Waals surface area contributed by atoms with Crippen LogP contribution in [0.4, 0.5) is 0 Å². The van der Waals surface area contributed by atoms with Crippen LogP contribution in [0.5, 0.6) is 0 Å². The smallest absolute Gasteiger partial charge is 0.254 e. The molecule has 0 aliphatic carbocycles. The lowest BCUT2D eigenvalue weighted by Crippen LogP contribution is -2.38. The van der Waals surface area contributed by atoms with E-state index in [9.17, 15) is 16.8 Å². The van der Waals surface area contributed by atoms with E-state index in [0.717, 1.165) is 0 Å². The van der Waals surface area contributed by atoms with Crippen molar-refractivity contribution in [3.05, 3.63) is 9.81 Å². The lowest BCUT2D eigenvalue weighted by molar-refractivity contribution is 0.0945. The van der Waals surface area contributed by atoms with Crippen LogP contribution < -0.4 is 0 Å². The van der Waals surface area contributed by atoms with Gasteiger partial charge < -0.3 is 0 Å². The quantitative estimate of drug-likeness (QED) is 0.598. The molecule has 0 radical (unpaired) electrons. The van der Waals surface area contributed by atoms with Gasteiger partial charge in [-0.1, -0.05) is 53.4 Å². The number of rotatable bonds is 8. The highest BCUT2D eigenvalue weighted by Gasteiger charge is 2.66. The zero-order valence-corrected chi connectivity index (χ0v) is 16.6. The van der Waals surface area contributed by atoms with Crippen molar-refractivity contribution in [2.24, 2.45) is 0 Å². The van der Waals surface area contributed by atoms with Crippen LogP contribution >= 0.6 is 0 Å². The Morgan fingerprint density at radius 3 is 1.08 bits per heavy atom. The maximum Gasteiger partial charge on any atom is 0.298 e. The first-order chi connectivity index (χ1) is 11.1. The zero-order valence-electron chi connectivity index (χ0n) is 14.9. The summed E-state index contributed by atoms with van der Waals surface area (Å²) < 4.78 is 62.4. The summed E-state index contributed by atoms with van der Waals surface area (Å²) in [4.78, 5) is -0.249. The van der Waals surface area contributed by atoms with E-state index in [1.54, 1.807) is 0 Å². The summed E-state index contributed by atoms with van der Waals surface area (Å²) in [5, 5.41) is 0. The Labute approximate surface area is 145 Å². The topological polar surface area (TPSA) is 86.7 Å². The molecule has 0 spiro atoms. The molecule has 0 unspecified atom stereocenters. The second-order valence-electron chi connectivity index (χ2n) is 6.72. The van der Waals surface area contributed by atoms with Crippen molar-refractivity contribution in [1.82, 2.24) is 0 Å². The molecule has 0 saturated carbocycles. The van der Waals surface area contributed by atoms with Gasteiger partial charge in [-0.3, -0.25) is 8.37 Å². The lowest BCUT2D eigenvalue weighted by atomic mass is 9.86. The molecule has 0 amide bonds. The van der Waals surface area contributed by atoms with E-state index in [1.165, 1.54) is 0 Å². The first kappa shape index (κ1) is 19.9. The lowest BCUT2D eigenvalue weighted by Gasteiger charge is -2.31. The van der Waals surface area contributed by atoms with Crippen molar-refractivity contribution in [3.63, 3.8) is 0 Å². The average molecular weight is 381 g/mol. The Hall–Kier alpha value is -0.440. The van der Waals surface area contributed by atoms with Crippen molar-refractivity contribution in [2.45, 2.75) is 90.3 Å². The SMILES string of the molecule is CCCC1(CCC)OS(=O)(=O)C2=C1S(=O)(=O)OC2(CCC)CCC. The van der Waals surface area contributed by atoms with Crippen LogP contribution in [0.1, 0.15) is 79.1 Å². The monoisotopic (exact) mass is 380 g/mol. The Morgan fingerprint density at radius 2 is 0.875 bits per heavy atom. The summed E-state index contributed by atoms with van der Waals surface area (Å²) >= 11 is 0. The van der Waals surface area contributed by atoms with Gasteiger partial charge in [0.25, 0.3) is 20.2 Å². The summed E-state index contributed by atoms with van der Waals surface area (Å²) in [6.07, 6.45) is 3.86. The molecule has 2 rings (SSSR count). The van der Waals surface area contributed by atoms with E-state index in [1.807, 2.05) is 27.7 Å². The fraction of sp³-hybridized carbons (Fsp3) is 0.875. The van der Waals surface area contributed by atoms with Gasteiger partial charge in [0.05, 0.1) is 0 Å². The molecular formula is C16H28O6S2. The summed E-state index contributed by atoms with van der Waals surface area (Å²) in [6.45, 7) is 7.55. The third-order valence-corrected chi connectivity index (χ3v) is 8.05. The van der Waals surface area contributed by atoms with Gasteiger partial charge in [0.15, 0.2) is 0 Å². The van der Waals surface area contributed by atoms with E-state index in [-0.39, 0.29) is 9.81 Å². The van der Waals surface area contributed by atoms with Gasteiger partial charge in [-0.2, -0.15) is 16.8 Å². The molecular weight excluding hydrogens is 352 g/mol. The van der Waals surface area contributed by atoms with Crippen LogP contribution in [-0.4, -0.2) is 28.0 Å². The van der Waals surface area contributed by atoms with E-state index in [4.69, 9.17) is 8.37 Å². The molecule has 6 nitrogen and oxygen atoms in total. The van der Waals surface area contributed by atoms with Crippen LogP contribution in [0.15, 0.2) is 9.81 Å². The fourth-order valence-corrected chi connectivity index (χ4v) is 8.62. The summed E-state index contributed by atoms with van der Waals surface area (Å²) in [7, 11) is -8.25. The predicted octanol–water partition coefficient (Wildman–Crippen LogP) is 3.60. The number of hydrogen-bond acceptors (Lipinski definition) is 6. The van der Waals surface area contributed by atoms with Crippen molar-refractivity contribution < 1.29 is 25.2 Å². The molecule has 2 aliphatic heterocycles. The largest absolute Gasteiger partial charge is 0.298 e. The summed E-state index contributed by atoms with van der Waals surface area (Å²) in [5.41, 5.74) is -2.61. The van der Waals surface area contributed by atoms with Gasteiger partial charge in [-0.05, 0) is 25.7 Å². The Morgan fingerprint density at radius 1 is 0.625 bits per heavy atom. The number of hydrogen-bond donors (Lipinski definition) is 0. The van der Waals surface area contributed by atoms with Crippen molar-refractivity contribution in [2.75, 3.05) is 0 Å². The molecule has 2 heterocycles. The molecule has 8 heteroatoms. The normalized spacial score (nSPS) is 25.8. The molecule has 0 aromatic rings. The molecule has 0 aromatic carbocycles. The van der Waals surface area contributed by atoms with Gasteiger partial charge in [-0.15, -0.1) is 0 Å². The second-order valence-corrected chi connectivity index (χ2v) is 9.69. The zero-order chi connectivity index (χ0) is 18.2. The fourth-order valence-electron chi connectivity index (χ4n) is 4.16. The minimum absolute atomic E-state index is 0.124. The second kappa shape index (κ2) is 6.70. The Bertz CT molecular complexity index is 644. The molecule has 0 bridgehead atoms. The molecule has 0 N–H and O–H groups in total. The minimum atomic E-state index is -4.12. The van der Waals surface area contributed by atoms with Gasteiger partial charge >= 0.3 is 0 Å². The molecule has 2 aliphatic rings. The van der Waals surface area contributed by atoms with E-state index < -0.39 is 31.4 Å². The van der Waals surface area contributed by atoms with Crippen LogP contribution in [0.3, 0.4) is 0 Å². The van der Waals surface area contributed by atoms with Gasteiger partial charge in [0.2, 0.25) is 0 Å².